The summed E-state index contributed by atoms with van der Waals surface area (Å²) in [6.45, 7) is 0.940. The minimum absolute atomic E-state index is 0.426. The van der Waals surface area contributed by atoms with Crippen LogP contribution in [0.1, 0.15) is 5.56 Å². The van der Waals surface area contributed by atoms with Gasteiger partial charge in [0.05, 0.1) is 16.8 Å². The lowest BCUT2D eigenvalue weighted by molar-refractivity contribution is 0.458. The molecular formula is C14H12F3NO4S2. The zero-order valence-corrected chi connectivity index (χ0v) is 14.1. The predicted octanol–water partition coefficient (Wildman–Crippen LogP) is 2.62. The third kappa shape index (κ3) is 3.24. The van der Waals surface area contributed by atoms with Crippen molar-refractivity contribution in [2.24, 2.45) is 0 Å². The van der Waals surface area contributed by atoms with E-state index in [1.165, 1.54) is 18.2 Å². The first-order chi connectivity index (χ1) is 11.0. The fourth-order valence-electron chi connectivity index (χ4n) is 2.01. The summed E-state index contributed by atoms with van der Waals surface area (Å²) in [5, 5.41) is 0. The van der Waals surface area contributed by atoms with Crippen LogP contribution in [0.3, 0.4) is 0 Å². The van der Waals surface area contributed by atoms with Crippen LogP contribution in [0.15, 0.2) is 40.1 Å². The van der Waals surface area contributed by atoms with E-state index in [1.807, 2.05) is 0 Å². The monoisotopic (exact) mass is 379 g/mol. The number of hydrogen-bond acceptors (Lipinski definition) is 4. The molecule has 0 saturated carbocycles. The van der Waals surface area contributed by atoms with Crippen LogP contribution < -0.4 is 4.72 Å². The summed E-state index contributed by atoms with van der Waals surface area (Å²) in [5.41, 5.74) is -1.65. The molecule has 0 saturated heterocycles. The van der Waals surface area contributed by atoms with Gasteiger partial charge < -0.3 is 0 Å². The number of rotatable bonds is 4. The average Bonchev–Trinajstić information content (AvgIpc) is 2.49. The van der Waals surface area contributed by atoms with Crippen LogP contribution in [0.25, 0.3) is 0 Å². The van der Waals surface area contributed by atoms with Crippen LogP contribution in [0.2, 0.25) is 0 Å². The van der Waals surface area contributed by atoms with Gasteiger partial charge in [0.25, 0.3) is 0 Å². The number of hydrogen-bond donors (Lipinski definition) is 1. The van der Waals surface area contributed by atoms with Crippen molar-refractivity contribution in [1.29, 1.82) is 0 Å². The van der Waals surface area contributed by atoms with Gasteiger partial charge in [-0.2, -0.15) is 0 Å². The smallest absolute Gasteiger partial charge is 0.229 e. The van der Waals surface area contributed by atoms with Gasteiger partial charge in [0.15, 0.2) is 11.6 Å². The van der Waals surface area contributed by atoms with Crippen molar-refractivity contribution in [2.45, 2.75) is 16.7 Å². The van der Waals surface area contributed by atoms with Gasteiger partial charge in [-0.05, 0) is 19.1 Å². The fraction of sp³-hybridized carbons (Fsp3) is 0.143. The van der Waals surface area contributed by atoms with Crippen molar-refractivity contribution >= 4 is 25.5 Å². The first-order valence-electron chi connectivity index (χ1n) is 6.41. The predicted molar refractivity (Wildman–Crippen MR) is 81.4 cm³/mol. The van der Waals surface area contributed by atoms with E-state index in [2.05, 4.69) is 0 Å². The van der Waals surface area contributed by atoms with Gasteiger partial charge in [0, 0.05) is 5.56 Å². The third-order valence-electron chi connectivity index (χ3n) is 3.12. The van der Waals surface area contributed by atoms with Crippen LogP contribution in [0.4, 0.5) is 18.9 Å². The summed E-state index contributed by atoms with van der Waals surface area (Å²) in [7, 11) is -8.70. The zero-order valence-electron chi connectivity index (χ0n) is 12.5. The van der Waals surface area contributed by atoms with Gasteiger partial charge in [-0.15, -0.1) is 0 Å². The molecule has 0 aromatic heterocycles. The van der Waals surface area contributed by atoms with Crippen molar-refractivity contribution in [1.82, 2.24) is 0 Å². The number of nitrogens with one attached hydrogen (secondary N) is 1. The molecule has 0 atom stereocenters. The molecule has 0 radical (unpaired) electrons. The topological polar surface area (TPSA) is 80.3 Å². The molecule has 0 aliphatic heterocycles. The van der Waals surface area contributed by atoms with Crippen LogP contribution in [0.5, 0.6) is 0 Å². The summed E-state index contributed by atoms with van der Waals surface area (Å²) in [6.07, 6.45) is 0.663. The maximum Gasteiger partial charge on any atom is 0.229 e. The minimum Gasteiger partial charge on any atom is -0.280 e. The van der Waals surface area contributed by atoms with Crippen LogP contribution in [0, 0.1) is 24.4 Å². The molecule has 0 aliphatic rings. The molecule has 0 spiro atoms. The van der Waals surface area contributed by atoms with Gasteiger partial charge >= 0.3 is 0 Å². The largest absolute Gasteiger partial charge is 0.280 e. The summed E-state index contributed by atoms with van der Waals surface area (Å²) in [6, 6.07) is 6.38. The SMILES string of the molecule is Cc1c(F)c(S(=O)(=O)c2ccccc2)c(F)c(F)c1NS(C)(=O)=O. The van der Waals surface area contributed by atoms with Crippen molar-refractivity contribution in [3.05, 3.63) is 53.3 Å². The van der Waals surface area contributed by atoms with E-state index in [0.717, 1.165) is 19.1 Å². The lowest BCUT2D eigenvalue weighted by atomic mass is 10.2. The molecule has 5 nitrogen and oxygen atoms in total. The summed E-state index contributed by atoms with van der Waals surface area (Å²) in [5.74, 6) is -5.36. The highest BCUT2D eigenvalue weighted by molar-refractivity contribution is 7.92. The Balaban J connectivity index is 2.80. The Bertz CT molecular complexity index is 975. The van der Waals surface area contributed by atoms with Crippen LogP contribution in [-0.4, -0.2) is 23.1 Å². The molecule has 0 unspecified atom stereocenters. The second kappa shape index (κ2) is 6.10. The van der Waals surface area contributed by atoms with E-state index in [-0.39, 0.29) is 0 Å². The van der Waals surface area contributed by atoms with E-state index in [4.69, 9.17) is 0 Å². The van der Waals surface area contributed by atoms with Gasteiger partial charge in [-0.1, -0.05) is 18.2 Å². The molecule has 0 aliphatic carbocycles. The fourth-order valence-corrected chi connectivity index (χ4v) is 4.09. The Morgan fingerprint density at radius 1 is 0.875 bits per heavy atom. The molecule has 130 valence electrons. The molecule has 0 amide bonds. The van der Waals surface area contributed by atoms with Crippen LogP contribution >= 0.6 is 0 Å². The number of benzene rings is 2. The normalized spacial score (nSPS) is 12.2. The molecule has 0 heterocycles. The lowest BCUT2D eigenvalue weighted by Crippen LogP contribution is -2.17. The Labute approximate surface area is 137 Å². The average molecular weight is 379 g/mol. The first-order valence-corrected chi connectivity index (χ1v) is 9.79. The Kier molecular flexibility index (Phi) is 4.64. The van der Waals surface area contributed by atoms with Gasteiger partial charge in [-0.3, -0.25) is 4.72 Å². The molecule has 0 fully saturated rings. The number of sulfone groups is 1. The Hall–Kier alpha value is -2.07. The minimum atomic E-state index is -4.67. The zero-order chi connectivity index (χ0) is 18.3. The second-order valence-electron chi connectivity index (χ2n) is 4.96. The van der Waals surface area contributed by atoms with Crippen molar-refractivity contribution < 1.29 is 30.0 Å². The maximum atomic E-state index is 14.4. The van der Waals surface area contributed by atoms with Gasteiger partial charge in [0.1, 0.15) is 10.7 Å². The molecule has 1 N–H and O–H groups in total. The number of halogens is 3. The highest BCUT2D eigenvalue weighted by Gasteiger charge is 2.33. The van der Waals surface area contributed by atoms with E-state index < -0.39 is 58.4 Å². The van der Waals surface area contributed by atoms with Crippen molar-refractivity contribution in [2.75, 3.05) is 11.0 Å². The molecule has 10 heteroatoms. The van der Waals surface area contributed by atoms with Crippen molar-refractivity contribution in [3.63, 3.8) is 0 Å². The Morgan fingerprint density at radius 3 is 1.92 bits per heavy atom. The van der Waals surface area contributed by atoms with E-state index in [0.29, 0.717) is 6.26 Å². The summed E-state index contributed by atoms with van der Waals surface area (Å²) < 4.78 is 91.6. The Morgan fingerprint density at radius 2 is 1.42 bits per heavy atom. The number of anilines is 1. The van der Waals surface area contributed by atoms with E-state index >= 15 is 0 Å². The first kappa shape index (κ1) is 18.3. The molecule has 2 aromatic rings. The lowest BCUT2D eigenvalue weighted by Gasteiger charge is -2.15. The molecular weight excluding hydrogens is 367 g/mol. The third-order valence-corrected chi connectivity index (χ3v) is 5.49. The summed E-state index contributed by atoms with van der Waals surface area (Å²) in [4.78, 5) is -1.90. The second-order valence-corrected chi connectivity index (χ2v) is 8.60. The summed E-state index contributed by atoms with van der Waals surface area (Å²) >= 11 is 0. The molecule has 0 bridgehead atoms. The quantitative estimate of drug-likeness (QED) is 0.828. The highest BCUT2D eigenvalue weighted by Crippen LogP contribution is 2.34. The van der Waals surface area contributed by atoms with E-state index in [9.17, 15) is 30.0 Å². The number of sulfonamides is 1. The molecule has 24 heavy (non-hydrogen) atoms. The van der Waals surface area contributed by atoms with Crippen molar-refractivity contribution in [3.8, 4) is 0 Å². The molecule has 2 rings (SSSR count). The standard InChI is InChI=1S/C14H12F3NO4S2/c1-8-10(15)14(24(21,22)9-6-4-3-5-7-9)12(17)11(16)13(8)18-23(2,19)20/h3-7,18H,1-2H3. The van der Waals surface area contributed by atoms with Gasteiger partial charge in [0.2, 0.25) is 19.9 Å². The van der Waals surface area contributed by atoms with Crippen LogP contribution in [-0.2, 0) is 19.9 Å². The van der Waals surface area contributed by atoms with Gasteiger partial charge in [-0.25, -0.2) is 30.0 Å². The maximum absolute atomic E-state index is 14.4. The highest BCUT2D eigenvalue weighted by atomic mass is 32.2. The molecule has 2 aromatic carbocycles. The van der Waals surface area contributed by atoms with E-state index in [1.54, 1.807) is 4.72 Å².